The molecular weight excluding hydrogens is 196 g/mol. The van der Waals surface area contributed by atoms with Gasteiger partial charge >= 0.3 is 0 Å². The molecule has 0 N–H and O–H groups in total. The number of hydrogen-bond acceptors (Lipinski definition) is 0. The van der Waals surface area contributed by atoms with Crippen LogP contribution < -0.4 is 4.57 Å². The van der Waals surface area contributed by atoms with Crippen LogP contribution in [-0.2, 0) is 13.5 Å². The zero-order valence-corrected chi connectivity index (χ0v) is 10.7. The van der Waals surface area contributed by atoms with E-state index in [9.17, 15) is 0 Å². The molecule has 1 aromatic rings. The maximum atomic E-state index is 2.42. The van der Waals surface area contributed by atoms with Gasteiger partial charge in [-0.1, -0.05) is 6.07 Å². The first-order valence-electron chi connectivity index (χ1n) is 6.47. The highest BCUT2D eigenvalue weighted by Gasteiger charge is 2.25. The summed E-state index contributed by atoms with van der Waals surface area (Å²) in [6.45, 7) is 4.03. The van der Waals surface area contributed by atoms with Gasteiger partial charge in [0, 0.05) is 12.1 Å². The van der Waals surface area contributed by atoms with Gasteiger partial charge in [-0.2, -0.15) is 0 Å². The quantitative estimate of drug-likeness (QED) is 0.539. The molecule has 88 valence electrons. The van der Waals surface area contributed by atoms with Crippen LogP contribution in [0.3, 0.4) is 0 Å². The number of rotatable bonds is 3. The number of aryl methyl sites for hydroxylation is 1. The second-order valence-corrected chi connectivity index (χ2v) is 5.40. The number of likely N-dealkylation sites (N-methyl/N-ethyl adjacent to an activating group) is 1. The molecule has 0 saturated carbocycles. The molecule has 16 heavy (non-hydrogen) atoms. The third-order valence-electron chi connectivity index (χ3n) is 3.97. The van der Waals surface area contributed by atoms with Crippen molar-refractivity contribution >= 4 is 0 Å². The fourth-order valence-corrected chi connectivity index (χ4v) is 2.70. The molecular formula is C14H24N2+2. The Morgan fingerprint density at radius 2 is 1.94 bits per heavy atom. The van der Waals surface area contributed by atoms with Gasteiger partial charge in [0.2, 0.25) is 0 Å². The van der Waals surface area contributed by atoms with E-state index in [1.807, 2.05) is 0 Å². The molecule has 2 rings (SSSR count). The second kappa shape index (κ2) is 4.96. The van der Waals surface area contributed by atoms with Crippen molar-refractivity contribution < 1.29 is 9.05 Å². The van der Waals surface area contributed by atoms with Crippen LogP contribution in [0.5, 0.6) is 0 Å². The minimum Gasteiger partial charge on any atom is -0.326 e. The molecule has 2 heteroatoms. The Kier molecular flexibility index (Phi) is 3.59. The zero-order valence-electron chi connectivity index (χ0n) is 10.7. The van der Waals surface area contributed by atoms with Crippen LogP contribution >= 0.6 is 0 Å². The van der Waals surface area contributed by atoms with Gasteiger partial charge in [0.15, 0.2) is 11.9 Å². The van der Waals surface area contributed by atoms with E-state index < -0.39 is 0 Å². The minimum absolute atomic E-state index is 1.20. The summed E-state index contributed by atoms with van der Waals surface area (Å²) < 4.78 is 3.52. The minimum atomic E-state index is 1.20. The maximum Gasteiger partial charge on any atom is 0.186 e. The molecule has 0 bridgehead atoms. The summed E-state index contributed by atoms with van der Waals surface area (Å²) in [4.78, 5) is 0. The van der Waals surface area contributed by atoms with Crippen LogP contribution in [0.1, 0.15) is 25.0 Å². The lowest BCUT2D eigenvalue weighted by Gasteiger charge is -2.37. The lowest BCUT2D eigenvalue weighted by molar-refractivity contribution is -0.914. The van der Waals surface area contributed by atoms with Gasteiger partial charge in [-0.3, -0.25) is 0 Å². The summed E-state index contributed by atoms with van der Waals surface area (Å²) in [5.74, 6) is 0. The highest BCUT2D eigenvalue weighted by molar-refractivity contribution is 4.97. The fourth-order valence-electron chi connectivity index (χ4n) is 2.70. The normalized spacial score (nSPS) is 19.6. The molecule has 2 nitrogen and oxygen atoms in total. The highest BCUT2D eigenvalue weighted by atomic mass is 15.3. The molecule has 2 heterocycles. The molecule has 0 spiro atoms. The van der Waals surface area contributed by atoms with E-state index in [4.69, 9.17) is 0 Å². The number of aromatic nitrogens is 1. The first-order valence-corrected chi connectivity index (χ1v) is 6.47. The predicted octanol–water partition coefficient (Wildman–Crippen LogP) is 1.68. The lowest BCUT2D eigenvalue weighted by atomic mass is 10.1. The molecule has 1 aliphatic rings. The van der Waals surface area contributed by atoms with E-state index in [1.165, 1.54) is 55.5 Å². The molecule has 1 fully saturated rings. The molecule has 1 aromatic heterocycles. The van der Waals surface area contributed by atoms with E-state index in [1.54, 1.807) is 0 Å². The summed E-state index contributed by atoms with van der Waals surface area (Å²) in [7, 11) is 4.56. The lowest BCUT2D eigenvalue weighted by Crippen LogP contribution is -2.50. The van der Waals surface area contributed by atoms with Crippen molar-refractivity contribution in [1.29, 1.82) is 0 Å². The molecule has 0 unspecified atom stereocenters. The fraction of sp³-hybridized carbons (Fsp3) is 0.643. The Bertz CT molecular complexity index is 340. The van der Waals surface area contributed by atoms with Gasteiger partial charge in [0.25, 0.3) is 0 Å². The largest absolute Gasteiger partial charge is 0.326 e. The van der Waals surface area contributed by atoms with Crippen molar-refractivity contribution in [3.05, 3.63) is 30.1 Å². The summed E-state index contributed by atoms with van der Waals surface area (Å²) in [5.41, 5.74) is 1.45. The van der Waals surface area contributed by atoms with Gasteiger partial charge in [0.1, 0.15) is 7.05 Å². The Labute approximate surface area is 99.1 Å². The van der Waals surface area contributed by atoms with Crippen molar-refractivity contribution in [2.45, 2.75) is 25.7 Å². The molecule has 0 radical (unpaired) electrons. The van der Waals surface area contributed by atoms with E-state index in [-0.39, 0.29) is 0 Å². The standard InChI is InChI=1S/C14H24N2/c1-15-10-5-4-8-14(15)9-13-16(2)11-6-3-7-12-16/h4-5,8,10H,3,6-7,9,11-13H2,1-2H3/q+2. The monoisotopic (exact) mass is 220 g/mol. The summed E-state index contributed by atoms with van der Waals surface area (Å²) in [6, 6.07) is 6.49. The number of hydrogen-bond donors (Lipinski definition) is 0. The van der Waals surface area contributed by atoms with Crippen molar-refractivity contribution in [3.63, 3.8) is 0 Å². The van der Waals surface area contributed by atoms with Crippen molar-refractivity contribution in [2.75, 3.05) is 26.7 Å². The van der Waals surface area contributed by atoms with E-state index in [2.05, 4.69) is 43.1 Å². The average molecular weight is 220 g/mol. The molecule has 1 saturated heterocycles. The predicted molar refractivity (Wildman–Crippen MR) is 66.0 cm³/mol. The van der Waals surface area contributed by atoms with Crippen LogP contribution in [0, 0.1) is 0 Å². The third kappa shape index (κ3) is 2.82. The molecule has 0 aromatic carbocycles. The summed E-state index contributed by atoms with van der Waals surface area (Å²) in [5, 5.41) is 0. The second-order valence-electron chi connectivity index (χ2n) is 5.40. The SMILES string of the molecule is C[n+]1ccccc1CC[N+]1(C)CCCCC1. The van der Waals surface area contributed by atoms with Gasteiger partial charge in [-0.25, -0.2) is 4.57 Å². The van der Waals surface area contributed by atoms with Crippen LogP contribution in [0.15, 0.2) is 24.4 Å². The number of quaternary nitrogens is 1. The third-order valence-corrected chi connectivity index (χ3v) is 3.97. The van der Waals surface area contributed by atoms with E-state index >= 15 is 0 Å². The Morgan fingerprint density at radius 3 is 2.62 bits per heavy atom. The van der Waals surface area contributed by atoms with Gasteiger partial charge in [-0.05, 0) is 19.3 Å². The Balaban J connectivity index is 1.94. The smallest absolute Gasteiger partial charge is 0.186 e. The number of likely N-dealkylation sites (tertiary alicyclic amines) is 1. The van der Waals surface area contributed by atoms with E-state index in [0.717, 1.165) is 0 Å². The van der Waals surface area contributed by atoms with Crippen molar-refractivity contribution in [3.8, 4) is 0 Å². The van der Waals surface area contributed by atoms with Crippen molar-refractivity contribution in [2.24, 2.45) is 7.05 Å². The van der Waals surface area contributed by atoms with Gasteiger partial charge in [0.05, 0.1) is 33.1 Å². The number of pyridine rings is 1. The Hall–Kier alpha value is -0.890. The Morgan fingerprint density at radius 1 is 1.19 bits per heavy atom. The first kappa shape index (κ1) is 11.6. The summed E-state index contributed by atoms with van der Waals surface area (Å²) in [6.07, 6.45) is 7.61. The van der Waals surface area contributed by atoms with Crippen molar-refractivity contribution in [1.82, 2.24) is 0 Å². The average Bonchev–Trinajstić information content (AvgIpc) is 2.29. The van der Waals surface area contributed by atoms with Gasteiger partial charge < -0.3 is 4.48 Å². The van der Waals surface area contributed by atoms with Crippen LogP contribution in [0.2, 0.25) is 0 Å². The maximum absolute atomic E-state index is 2.42. The first-order chi connectivity index (χ1) is 7.70. The van der Waals surface area contributed by atoms with Crippen LogP contribution in [-0.4, -0.2) is 31.2 Å². The highest BCUT2D eigenvalue weighted by Crippen LogP contribution is 2.16. The number of nitrogens with zero attached hydrogens (tertiary/aromatic N) is 2. The van der Waals surface area contributed by atoms with Gasteiger partial charge in [-0.15, -0.1) is 0 Å². The number of piperidine rings is 1. The van der Waals surface area contributed by atoms with E-state index in [0.29, 0.717) is 0 Å². The van der Waals surface area contributed by atoms with Crippen LogP contribution in [0.4, 0.5) is 0 Å². The van der Waals surface area contributed by atoms with Crippen LogP contribution in [0.25, 0.3) is 0 Å². The molecule has 1 aliphatic heterocycles. The molecule has 0 amide bonds. The zero-order chi connectivity index (χ0) is 11.4. The molecule has 0 aliphatic carbocycles. The topological polar surface area (TPSA) is 3.88 Å². The molecule has 0 atom stereocenters. The summed E-state index contributed by atoms with van der Waals surface area (Å²) >= 11 is 0.